The maximum Gasteiger partial charge on any atom is 0.127 e. The Morgan fingerprint density at radius 3 is 2.44 bits per heavy atom. The van der Waals surface area contributed by atoms with Crippen LogP contribution in [0.2, 0.25) is 0 Å². The van der Waals surface area contributed by atoms with Gasteiger partial charge in [-0.2, -0.15) is 0 Å². The molecule has 0 radical (unpaired) electrons. The van der Waals surface area contributed by atoms with Crippen LogP contribution in [0, 0.1) is 12.8 Å². The zero-order chi connectivity index (χ0) is 11.4. The summed E-state index contributed by atoms with van der Waals surface area (Å²) in [6.07, 6.45) is 3.34. The lowest BCUT2D eigenvalue weighted by Crippen LogP contribution is -2.31. The summed E-state index contributed by atoms with van der Waals surface area (Å²) in [6, 6.07) is 8.37. The van der Waals surface area contributed by atoms with Crippen molar-refractivity contribution in [3.8, 4) is 0 Å². The fourth-order valence-electron chi connectivity index (χ4n) is 2.45. The van der Waals surface area contributed by atoms with Gasteiger partial charge in [0.05, 0.1) is 0 Å². The summed E-state index contributed by atoms with van der Waals surface area (Å²) in [7, 11) is 0. The molecule has 1 fully saturated rings. The monoisotopic (exact) mass is 217 g/mol. The highest BCUT2D eigenvalue weighted by molar-refractivity contribution is 5.62. The first-order valence-electron chi connectivity index (χ1n) is 6.04. The second-order valence-electron chi connectivity index (χ2n) is 4.66. The highest BCUT2D eigenvalue weighted by atomic mass is 16.1. The maximum atomic E-state index is 11.3. The van der Waals surface area contributed by atoms with Crippen molar-refractivity contribution in [2.45, 2.75) is 25.7 Å². The highest BCUT2D eigenvalue weighted by Crippen LogP contribution is 2.29. The van der Waals surface area contributed by atoms with Crippen LogP contribution in [0.3, 0.4) is 0 Å². The molecule has 0 amide bonds. The van der Waals surface area contributed by atoms with E-state index >= 15 is 0 Å². The molecule has 1 N–H and O–H groups in total. The Bertz CT molecular complexity index is 338. The van der Waals surface area contributed by atoms with Gasteiger partial charge in [0, 0.05) is 5.92 Å². The van der Waals surface area contributed by atoms with Crippen LogP contribution in [0.15, 0.2) is 24.3 Å². The van der Waals surface area contributed by atoms with Crippen LogP contribution in [0.1, 0.15) is 29.9 Å². The molecule has 1 aliphatic rings. The lowest BCUT2D eigenvalue weighted by atomic mass is 9.81. The first-order chi connectivity index (χ1) is 7.81. The molecule has 1 unspecified atom stereocenters. The number of benzene rings is 1. The number of piperidine rings is 1. The summed E-state index contributed by atoms with van der Waals surface area (Å²) in [5, 5.41) is 3.34. The lowest BCUT2D eigenvalue weighted by molar-refractivity contribution is -0.110. The number of carbonyl (C=O) groups is 1. The van der Waals surface area contributed by atoms with Crippen LogP contribution in [-0.2, 0) is 4.79 Å². The molecule has 0 bridgehead atoms. The smallest absolute Gasteiger partial charge is 0.127 e. The van der Waals surface area contributed by atoms with E-state index in [-0.39, 0.29) is 5.92 Å². The number of rotatable bonds is 3. The largest absolute Gasteiger partial charge is 0.317 e. The number of aryl methyl sites for hydroxylation is 1. The molecule has 16 heavy (non-hydrogen) atoms. The molecule has 1 saturated heterocycles. The Kier molecular flexibility index (Phi) is 3.73. The summed E-state index contributed by atoms with van der Waals surface area (Å²) in [5.41, 5.74) is 2.42. The molecular formula is C14H19NO. The highest BCUT2D eigenvalue weighted by Gasteiger charge is 2.24. The SMILES string of the molecule is Cc1ccc(C(C=O)C2CCNCC2)cc1. The average molecular weight is 217 g/mol. The molecule has 1 heterocycles. The van der Waals surface area contributed by atoms with E-state index in [1.165, 1.54) is 11.1 Å². The van der Waals surface area contributed by atoms with Gasteiger partial charge in [0.2, 0.25) is 0 Å². The first-order valence-corrected chi connectivity index (χ1v) is 6.04. The van der Waals surface area contributed by atoms with Crippen molar-refractivity contribution in [3.05, 3.63) is 35.4 Å². The fourth-order valence-corrected chi connectivity index (χ4v) is 2.45. The van der Waals surface area contributed by atoms with Crippen molar-refractivity contribution in [1.82, 2.24) is 5.32 Å². The fraction of sp³-hybridized carbons (Fsp3) is 0.500. The number of hydrogen-bond acceptors (Lipinski definition) is 2. The Labute approximate surface area is 97.1 Å². The van der Waals surface area contributed by atoms with Crippen LogP contribution in [0.5, 0.6) is 0 Å². The Morgan fingerprint density at radius 1 is 1.25 bits per heavy atom. The third-order valence-electron chi connectivity index (χ3n) is 3.50. The minimum Gasteiger partial charge on any atom is -0.317 e. The molecule has 0 spiro atoms. The molecule has 1 aromatic rings. The minimum atomic E-state index is 0.0858. The van der Waals surface area contributed by atoms with Crippen LogP contribution in [-0.4, -0.2) is 19.4 Å². The van der Waals surface area contributed by atoms with Gasteiger partial charge in [-0.15, -0.1) is 0 Å². The van der Waals surface area contributed by atoms with E-state index in [1.54, 1.807) is 0 Å². The summed E-state index contributed by atoms with van der Waals surface area (Å²) >= 11 is 0. The van der Waals surface area contributed by atoms with Crippen molar-refractivity contribution in [3.63, 3.8) is 0 Å². The van der Waals surface area contributed by atoms with Gasteiger partial charge in [0.25, 0.3) is 0 Å². The van der Waals surface area contributed by atoms with Crippen LogP contribution < -0.4 is 5.32 Å². The van der Waals surface area contributed by atoms with Crippen molar-refractivity contribution >= 4 is 6.29 Å². The van der Waals surface area contributed by atoms with Gasteiger partial charge < -0.3 is 10.1 Å². The van der Waals surface area contributed by atoms with E-state index < -0.39 is 0 Å². The van der Waals surface area contributed by atoms with Crippen molar-refractivity contribution < 1.29 is 4.79 Å². The second-order valence-corrected chi connectivity index (χ2v) is 4.66. The first kappa shape index (κ1) is 11.3. The molecule has 0 aromatic heterocycles. The Balaban J connectivity index is 2.14. The van der Waals surface area contributed by atoms with Gasteiger partial charge in [-0.05, 0) is 44.3 Å². The van der Waals surface area contributed by atoms with E-state index in [2.05, 4.69) is 36.5 Å². The normalized spacial score (nSPS) is 19.3. The number of nitrogens with one attached hydrogen (secondary N) is 1. The van der Waals surface area contributed by atoms with E-state index in [0.717, 1.165) is 32.2 Å². The van der Waals surface area contributed by atoms with E-state index in [1.807, 2.05) is 0 Å². The molecular weight excluding hydrogens is 198 g/mol. The molecule has 1 aliphatic heterocycles. The van der Waals surface area contributed by atoms with Gasteiger partial charge in [-0.3, -0.25) is 0 Å². The topological polar surface area (TPSA) is 29.1 Å². The molecule has 2 heteroatoms. The quantitative estimate of drug-likeness (QED) is 0.787. The van der Waals surface area contributed by atoms with E-state index in [9.17, 15) is 4.79 Å². The van der Waals surface area contributed by atoms with Crippen molar-refractivity contribution in [2.24, 2.45) is 5.92 Å². The molecule has 0 saturated carbocycles. The van der Waals surface area contributed by atoms with Gasteiger partial charge >= 0.3 is 0 Å². The van der Waals surface area contributed by atoms with E-state index in [0.29, 0.717) is 5.92 Å². The van der Waals surface area contributed by atoms with Crippen LogP contribution in [0.25, 0.3) is 0 Å². The molecule has 2 nitrogen and oxygen atoms in total. The predicted octanol–water partition coefficient (Wildman–Crippen LogP) is 2.28. The van der Waals surface area contributed by atoms with E-state index in [4.69, 9.17) is 0 Å². The van der Waals surface area contributed by atoms with Gasteiger partial charge in [0.1, 0.15) is 6.29 Å². The minimum absolute atomic E-state index is 0.0858. The third-order valence-corrected chi connectivity index (χ3v) is 3.50. The molecule has 1 aromatic carbocycles. The number of carbonyl (C=O) groups excluding carboxylic acids is 1. The van der Waals surface area contributed by atoms with Gasteiger partial charge in [0.15, 0.2) is 0 Å². The zero-order valence-electron chi connectivity index (χ0n) is 9.78. The summed E-state index contributed by atoms with van der Waals surface area (Å²) in [4.78, 5) is 11.3. The number of hydrogen-bond donors (Lipinski definition) is 1. The molecule has 86 valence electrons. The third kappa shape index (κ3) is 2.50. The van der Waals surface area contributed by atoms with Crippen LogP contribution >= 0.6 is 0 Å². The maximum absolute atomic E-state index is 11.3. The molecule has 1 atom stereocenters. The molecule has 0 aliphatic carbocycles. The van der Waals surface area contributed by atoms with Crippen molar-refractivity contribution in [1.29, 1.82) is 0 Å². The predicted molar refractivity (Wildman–Crippen MR) is 65.6 cm³/mol. The summed E-state index contributed by atoms with van der Waals surface area (Å²) in [5.74, 6) is 0.601. The Morgan fingerprint density at radius 2 is 1.88 bits per heavy atom. The van der Waals surface area contributed by atoms with Gasteiger partial charge in [-0.1, -0.05) is 29.8 Å². The Hall–Kier alpha value is -1.15. The second kappa shape index (κ2) is 5.26. The summed E-state index contributed by atoms with van der Waals surface area (Å²) in [6.45, 7) is 4.16. The van der Waals surface area contributed by atoms with Crippen molar-refractivity contribution in [2.75, 3.05) is 13.1 Å². The van der Waals surface area contributed by atoms with Gasteiger partial charge in [-0.25, -0.2) is 0 Å². The van der Waals surface area contributed by atoms with Crippen LogP contribution in [0.4, 0.5) is 0 Å². The zero-order valence-corrected chi connectivity index (χ0v) is 9.78. The standard InChI is InChI=1S/C14H19NO/c1-11-2-4-12(5-3-11)14(10-16)13-6-8-15-9-7-13/h2-5,10,13-15H,6-9H2,1H3. The summed E-state index contributed by atoms with van der Waals surface area (Å²) < 4.78 is 0. The average Bonchev–Trinajstić information content (AvgIpc) is 2.34. The number of aldehydes is 1. The molecule has 2 rings (SSSR count). The lowest BCUT2D eigenvalue weighted by Gasteiger charge is -2.27.